The van der Waals surface area contributed by atoms with E-state index in [-0.39, 0.29) is 17.6 Å². The van der Waals surface area contributed by atoms with Gasteiger partial charge in [-0.1, -0.05) is 31.2 Å². The molecule has 0 radical (unpaired) electrons. The number of hydrogen-bond acceptors (Lipinski definition) is 2. The molecule has 0 unspecified atom stereocenters. The highest BCUT2D eigenvalue weighted by molar-refractivity contribution is 5.94. The summed E-state index contributed by atoms with van der Waals surface area (Å²) in [5.74, 6) is -0.533. The summed E-state index contributed by atoms with van der Waals surface area (Å²) in [4.78, 5) is 27.9. The maximum Gasteiger partial charge on any atom is 0.279 e. The first kappa shape index (κ1) is 20.0. The molecule has 0 aliphatic carbocycles. The van der Waals surface area contributed by atoms with E-state index in [1.807, 2.05) is 24.3 Å². The maximum atomic E-state index is 13.7. The Morgan fingerprint density at radius 2 is 1.86 bits per heavy atom. The number of para-hydroxylation sites is 1. The smallest absolute Gasteiger partial charge is 0.279 e. The first-order chi connectivity index (χ1) is 13.5. The predicted octanol–water partition coefficient (Wildman–Crippen LogP) is 1.68. The number of halogens is 1. The molecule has 0 spiro atoms. The summed E-state index contributed by atoms with van der Waals surface area (Å²) in [7, 11) is 0. The molecule has 2 aromatic rings. The minimum Gasteiger partial charge on any atom is -0.327 e. The molecule has 6 heteroatoms. The second kappa shape index (κ2) is 8.97. The fraction of sp³-hybridized carbons (Fsp3) is 0.364. The van der Waals surface area contributed by atoms with Gasteiger partial charge in [0.1, 0.15) is 5.82 Å². The van der Waals surface area contributed by atoms with Gasteiger partial charge in [-0.3, -0.25) is 9.59 Å². The molecule has 1 heterocycles. The van der Waals surface area contributed by atoms with E-state index in [0.29, 0.717) is 43.9 Å². The van der Waals surface area contributed by atoms with Gasteiger partial charge >= 0.3 is 0 Å². The Morgan fingerprint density at radius 3 is 2.54 bits per heavy atom. The first-order valence-electron chi connectivity index (χ1n) is 9.74. The van der Waals surface area contributed by atoms with E-state index < -0.39 is 0 Å². The highest BCUT2D eigenvalue weighted by Crippen LogP contribution is 2.15. The van der Waals surface area contributed by atoms with Crippen molar-refractivity contribution in [3.8, 4) is 0 Å². The molecule has 148 valence electrons. The van der Waals surface area contributed by atoms with Crippen LogP contribution < -0.4 is 10.2 Å². The lowest BCUT2D eigenvalue weighted by Gasteiger charge is -2.32. The summed E-state index contributed by atoms with van der Waals surface area (Å²) < 4.78 is 13.7. The lowest BCUT2D eigenvalue weighted by molar-refractivity contribution is -0.895. The lowest BCUT2D eigenvalue weighted by atomic mass is 10.1. The number of aryl methyl sites for hydroxylation is 2. The van der Waals surface area contributed by atoms with Gasteiger partial charge in [-0.05, 0) is 42.7 Å². The molecular formula is C22H27FN3O2+. The van der Waals surface area contributed by atoms with Gasteiger partial charge in [0.25, 0.3) is 11.8 Å². The van der Waals surface area contributed by atoms with Crippen LogP contribution in [0.15, 0.2) is 42.5 Å². The van der Waals surface area contributed by atoms with E-state index in [1.54, 1.807) is 24.0 Å². The number of nitrogens with one attached hydrogen (secondary N) is 2. The van der Waals surface area contributed by atoms with Crippen molar-refractivity contribution in [2.24, 2.45) is 0 Å². The van der Waals surface area contributed by atoms with Crippen molar-refractivity contribution in [2.75, 3.05) is 38.0 Å². The van der Waals surface area contributed by atoms with E-state index in [9.17, 15) is 14.0 Å². The molecule has 2 aromatic carbocycles. The molecule has 2 amide bonds. The van der Waals surface area contributed by atoms with Gasteiger partial charge in [-0.2, -0.15) is 0 Å². The average molecular weight is 384 g/mol. The van der Waals surface area contributed by atoms with Crippen LogP contribution in [0.25, 0.3) is 0 Å². The van der Waals surface area contributed by atoms with Crippen LogP contribution >= 0.6 is 0 Å². The largest absolute Gasteiger partial charge is 0.327 e. The zero-order valence-electron chi connectivity index (χ0n) is 16.4. The molecule has 0 saturated carbocycles. The van der Waals surface area contributed by atoms with Crippen molar-refractivity contribution < 1.29 is 18.9 Å². The Hall–Kier alpha value is -2.73. The molecule has 1 saturated heterocycles. The maximum absolute atomic E-state index is 13.7. The topological polar surface area (TPSA) is 53.9 Å². The Bertz CT molecular complexity index is 861. The third-order valence-electron chi connectivity index (χ3n) is 5.26. The Kier molecular flexibility index (Phi) is 6.41. The number of benzene rings is 2. The third-order valence-corrected chi connectivity index (χ3v) is 5.26. The van der Waals surface area contributed by atoms with Gasteiger partial charge in [-0.15, -0.1) is 0 Å². The van der Waals surface area contributed by atoms with Crippen molar-refractivity contribution >= 4 is 17.5 Å². The Labute approximate surface area is 165 Å². The van der Waals surface area contributed by atoms with E-state index in [1.165, 1.54) is 6.07 Å². The van der Waals surface area contributed by atoms with Crippen molar-refractivity contribution in [1.29, 1.82) is 0 Å². The average Bonchev–Trinajstić information content (AvgIpc) is 2.70. The number of piperazine rings is 1. The fourth-order valence-corrected chi connectivity index (χ4v) is 3.48. The second-order valence-corrected chi connectivity index (χ2v) is 7.24. The SMILES string of the molecule is CCc1ccccc1NC(=O)C[NH+]1CCN(C(=O)c2ccc(C)c(F)c2)CC1. The fourth-order valence-electron chi connectivity index (χ4n) is 3.48. The molecule has 5 nitrogen and oxygen atoms in total. The summed E-state index contributed by atoms with van der Waals surface area (Å²) in [6, 6.07) is 12.4. The van der Waals surface area contributed by atoms with Gasteiger partial charge in [0.2, 0.25) is 0 Å². The molecule has 0 aromatic heterocycles. The molecule has 1 fully saturated rings. The summed E-state index contributed by atoms with van der Waals surface area (Å²) in [5.41, 5.74) is 2.89. The number of amides is 2. The summed E-state index contributed by atoms with van der Waals surface area (Å²) in [6.45, 7) is 6.62. The van der Waals surface area contributed by atoms with Crippen LogP contribution in [0.4, 0.5) is 10.1 Å². The van der Waals surface area contributed by atoms with Crippen molar-refractivity contribution in [3.05, 3.63) is 65.0 Å². The molecular weight excluding hydrogens is 357 g/mol. The van der Waals surface area contributed by atoms with Crippen LogP contribution in [-0.4, -0.2) is 49.4 Å². The van der Waals surface area contributed by atoms with Crippen LogP contribution in [0.1, 0.15) is 28.4 Å². The molecule has 28 heavy (non-hydrogen) atoms. The van der Waals surface area contributed by atoms with E-state index >= 15 is 0 Å². The summed E-state index contributed by atoms with van der Waals surface area (Å²) in [6.07, 6.45) is 0.865. The number of rotatable bonds is 5. The highest BCUT2D eigenvalue weighted by atomic mass is 19.1. The summed E-state index contributed by atoms with van der Waals surface area (Å²) in [5, 5.41) is 3.00. The zero-order valence-corrected chi connectivity index (χ0v) is 16.4. The van der Waals surface area contributed by atoms with Crippen LogP contribution in [-0.2, 0) is 11.2 Å². The third kappa shape index (κ3) is 4.75. The van der Waals surface area contributed by atoms with Gasteiger partial charge in [0.05, 0.1) is 26.2 Å². The minimum atomic E-state index is -0.362. The molecule has 0 atom stereocenters. The normalized spacial score (nSPS) is 14.8. The molecule has 3 rings (SSSR count). The van der Waals surface area contributed by atoms with Crippen LogP contribution in [0.2, 0.25) is 0 Å². The quantitative estimate of drug-likeness (QED) is 0.824. The van der Waals surface area contributed by atoms with Gasteiger partial charge in [-0.25, -0.2) is 4.39 Å². The number of quaternary nitrogens is 1. The van der Waals surface area contributed by atoms with Gasteiger partial charge < -0.3 is 15.1 Å². The predicted molar refractivity (Wildman–Crippen MR) is 107 cm³/mol. The molecule has 1 aliphatic rings. The van der Waals surface area contributed by atoms with Crippen molar-refractivity contribution in [3.63, 3.8) is 0 Å². The highest BCUT2D eigenvalue weighted by Gasteiger charge is 2.26. The lowest BCUT2D eigenvalue weighted by Crippen LogP contribution is -3.15. The Balaban J connectivity index is 1.51. The van der Waals surface area contributed by atoms with Crippen molar-refractivity contribution in [1.82, 2.24) is 4.90 Å². The number of hydrogen-bond donors (Lipinski definition) is 2. The molecule has 2 N–H and O–H groups in total. The Morgan fingerprint density at radius 1 is 1.14 bits per heavy atom. The van der Waals surface area contributed by atoms with Gasteiger partial charge in [0, 0.05) is 11.3 Å². The zero-order chi connectivity index (χ0) is 20.1. The number of nitrogens with zero attached hydrogens (tertiary/aromatic N) is 1. The van der Waals surface area contributed by atoms with E-state index in [4.69, 9.17) is 0 Å². The minimum absolute atomic E-state index is 0.0173. The monoisotopic (exact) mass is 384 g/mol. The molecule has 0 bridgehead atoms. The van der Waals surface area contributed by atoms with Crippen LogP contribution in [0.3, 0.4) is 0 Å². The number of carbonyl (C=O) groups excluding carboxylic acids is 2. The standard InChI is InChI=1S/C22H26FN3O2/c1-3-17-6-4-5-7-20(17)24-21(27)15-25-10-12-26(13-11-25)22(28)18-9-8-16(2)19(23)14-18/h4-9,14H,3,10-13,15H2,1-2H3,(H,24,27)/p+1. The van der Waals surface area contributed by atoms with Gasteiger partial charge in [0.15, 0.2) is 6.54 Å². The number of carbonyl (C=O) groups is 2. The first-order valence-corrected chi connectivity index (χ1v) is 9.74. The second-order valence-electron chi connectivity index (χ2n) is 7.24. The van der Waals surface area contributed by atoms with E-state index in [2.05, 4.69) is 12.2 Å². The molecule has 1 aliphatic heterocycles. The van der Waals surface area contributed by atoms with Crippen molar-refractivity contribution in [2.45, 2.75) is 20.3 Å². The summed E-state index contributed by atoms with van der Waals surface area (Å²) >= 11 is 0. The van der Waals surface area contributed by atoms with Crippen LogP contribution in [0, 0.1) is 12.7 Å². The number of anilines is 1. The van der Waals surface area contributed by atoms with Crippen LogP contribution in [0.5, 0.6) is 0 Å². The van der Waals surface area contributed by atoms with E-state index in [0.717, 1.165) is 22.6 Å².